The van der Waals surface area contributed by atoms with Gasteiger partial charge in [-0.15, -0.1) is 0 Å². The number of aliphatic hydroxyl groups excluding tert-OH is 1. The third kappa shape index (κ3) is 3.92. The molecule has 146 valence electrons. The highest BCUT2D eigenvalue weighted by Crippen LogP contribution is 2.49. The number of hydrogen-bond donors (Lipinski definition) is 3. The fourth-order valence-electron chi connectivity index (χ4n) is 4.60. The van der Waals surface area contributed by atoms with Gasteiger partial charge in [-0.2, -0.15) is 0 Å². The summed E-state index contributed by atoms with van der Waals surface area (Å²) in [7, 11) is 0. The number of hydrogen-bond acceptors (Lipinski definition) is 4. The molecule has 1 fully saturated rings. The van der Waals surface area contributed by atoms with Crippen molar-refractivity contribution in [1.82, 2.24) is 5.32 Å². The maximum Gasteiger partial charge on any atom is 0.148 e. The van der Waals surface area contributed by atoms with Gasteiger partial charge in [-0.1, -0.05) is 35.9 Å². The molecule has 0 saturated carbocycles. The standard InChI is InChI=1S/C21H26ClFN2O2/c22-14-10-17-20(18(23)11-14)25-19(13-4-2-1-3-5-13)16-7-6-15(27-21(16)17)12-24-8-9-26/h1-4,10-11,13,15-16,19,21,24-26H,5-9,12H2/t13?,15-,16+,19+,21+/m1/s1. The molecule has 3 N–H and O–H groups in total. The van der Waals surface area contributed by atoms with Crippen LogP contribution in [0.3, 0.4) is 0 Å². The van der Waals surface area contributed by atoms with Crippen LogP contribution in [0.4, 0.5) is 10.1 Å². The van der Waals surface area contributed by atoms with Crippen LogP contribution in [0.1, 0.15) is 30.9 Å². The second kappa shape index (κ2) is 8.31. The third-order valence-corrected chi connectivity index (χ3v) is 6.07. The number of anilines is 1. The summed E-state index contributed by atoms with van der Waals surface area (Å²) in [5.41, 5.74) is 1.35. The maximum absolute atomic E-state index is 14.7. The molecule has 0 spiro atoms. The van der Waals surface area contributed by atoms with Crippen molar-refractivity contribution >= 4 is 17.3 Å². The maximum atomic E-state index is 14.7. The van der Waals surface area contributed by atoms with E-state index in [0.717, 1.165) is 24.8 Å². The molecule has 1 unspecified atom stereocenters. The topological polar surface area (TPSA) is 53.5 Å². The summed E-state index contributed by atoms with van der Waals surface area (Å²) in [6, 6.07) is 3.33. The van der Waals surface area contributed by atoms with Crippen LogP contribution < -0.4 is 10.6 Å². The lowest BCUT2D eigenvalue weighted by Crippen LogP contribution is -2.48. The first-order chi connectivity index (χ1) is 13.2. The highest BCUT2D eigenvalue weighted by molar-refractivity contribution is 6.30. The lowest BCUT2D eigenvalue weighted by Gasteiger charge is -2.47. The van der Waals surface area contributed by atoms with Crippen molar-refractivity contribution < 1.29 is 14.2 Å². The highest BCUT2D eigenvalue weighted by Gasteiger charge is 2.44. The van der Waals surface area contributed by atoms with E-state index in [4.69, 9.17) is 21.4 Å². The molecule has 0 bridgehead atoms. The Balaban J connectivity index is 1.62. The van der Waals surface area contributed by atoms with Crippen molar-refractivity contribution in [2.24, 2.45) is 11.8 Å². The molecule has 1 saturated heterocycles. The molecule has 4 nitrogen and oxygen atoms in total. The lowest BCUT2D eigenvalue weighted by atomic mass is 9.73. The van der Waals surface area contributed by atoms with E-state index in [1.807, 2.05) is 6.07 Å². The first-order valence-electron chi connectivity index (χ1n) is 9.73. The fraction of sp³-hybridized carbons (Fsp3) is 0.524. The van der Waals surface area contributed by atoms with E-state index in [1.54, 1.807) is 0 Å². The molecular weight excluding hydrogens is 367 g/mol. The van der Waals surface area contributed by atoms with E-state index in [2.05, 4.69) is 34.9 Å². The number of nitrogens with one attached hydrogen (secondary N) is 2. The number of aliphatic hydroxyl groups is 1. The van der Waals surface area contributed by atoms with Gasteiger partial charge < -0.3 is 20.5 Å². The Morgan fingerprint density at radius 2 is 2.19 bits per heavy atom. The van der Waals surface area contributed by atoms with Crippen LogP contribution in [-0.2, 0) is 4.74 Å². The molecule has 2 heterocycles. The zero-order valence-electron chi connectivity index (χ0n) is 15.2. The molecule has 2 aliphatic heterocycles. The van der Waals surface area contributed by atoms with Gasteiger partial charge in [0.2, 0.25) is 0 Å². The minimum atomic E-state index is -0.319. The summed E-state index contributed by atoms with van der Waals surface area (Å²) in [6.45, 7) is 1.34. The number of benzene rings is 1. The first kappa shape index (κ1) is 18.9. The fourth-order valence-corrected chi connectivity index (χ4v) is 4.82. The first-order valence-corrected chi connectivity index (χ1v) is 10.1. The summed E-state index contributed by atoms with van der Waals surface area (Å²) in [6.07, 6.45) is 11.3. The molecule has 6 heteroatoms. The summed E-state index contributed by atoms with van der Waals surface area (Å²) in [5.74, 6) is 0.268. The second-order valence-electron chi connectivity index (χ2n) is 7.58. The van der Waals surface area contributed by atoms with Gasteiger partial charge in [-0.05, 0) is 31.4 Å². The van der Waals surface area contributed by atoms with E-state index in [1.165, 1.54) is 6.07 Å². The molecule has 1 aliphatic carbocycles. The molecular formula is C21H26ClFN2O2. The second-order valence-corrected chi connectivity index (χ2v) is 8.02. The van der Waals surface area contributed by atoms with Crippen LogP contribution in [0.15, 0.2) is 36.4 Å². The highest BCUT2D eigenvalue weighted by atomic mass is 35.5. The van der Waals surface area contributed by atoms with Gasteiger partial charge >= 0.3 is 0 Å². The minimum absolute atomic E-state index is 0.0493. The monoisotopic (exact) mass is 392 g/mol. The molecule has 27 heavy (non-hydrogen) atoms. The number of allylic oxidation sites excluding steroid dienone is 3. The van der Waals surface area contributed by atoms with Gasteiger partial charge in [0.1, 0.15) is 5.82 Å². The molecule has 5 atom stereocenters. The molecule has 3 aliphatic rings. The molecule has 1 aromatic rings. The Kier molecular flexibility index (Phi) is 5.83. The lowest BCUT2D eigenvalue weighted by molar-refractivity contribution is -0.0941. The number of halogens is 2. The average molecular weight is 393 g/mol. The molecule has 0 radical (unpaired) electrons. The van der Waals surface area contributed by atoms with Gasteiger partial charge in [-0.3, -0.25) is 0 Å². The molecule has 1 aromatic carbocycles. The predicted octanol–water partition coefficient (Wildman–Crippen LogP) is 3.82. The Hall–Kier alpha value is -1.40. The van der Waals surface area contributed by atoms with Crippen LogP contribution in [-0.4, -0.2) is 36.9 Å². The number of rotatable bonds is 5. The van der Waals surface area contributed by atoms with Crippen LogP contribution in [0.2, 0.25) is 5.02 Å². The average Bonchev–Trinajstić information content (AvgIpc) is 2.68. The minimum Gasteiger partial charge on any atom is -0.395 e. The zero-order chi connectivity index (χ0) is 18.8. The Labute approximate surface area is 164 Å². The van der Waals surface area contributed by atoms with Crippen molar-refractivity contribution in [2.45, 2.75) is 37.5 Å². The Morgan fingerprint density at radius 3 is 2.96 bits per heavy atom. The van der Waals surface area contributed by atoms with Crippen molar-refractivity contribution in [3.63, 3.8) is 0 Å². The zero-order valence-corrected chi connectivity index (χ0v) is 16.0. The number of fused-ring (bicyclic) bond motifs is 3. The van der Waals surface area contributed by atoms with E-state index in [0.29, 0.717) is 29.7 Å². The van der Waals surface area contributed by atoms with Gasteiger partial charge in [0.15, 0.2) is 0 Å². The van der Waals surface area contributed by atoms with Crippen LogP contribution in [0, 0.1) is 17.7 Å². The van der Waals surface area contributed by atoms with Crippen LogP contribution in [0.25, 0.3) is 0 Å². The van der Waals surface area contributed by atoms with Crippen LogP contribution >= 0.6 is 11.6 Å². The largest absolute Gasteiger partial charge is 0.395 e. The quantitative estimate of drug-likeness (QED) is 0.667. The SMILES string of the molecule is OCCNC[C@H]1CC[C@@H]2[C@H](O1)c1cc(Cl)cc(F)c1N[C@H]2C1C=CC=CC1. The van der Waals surface area contributed by atoms with E-state index >= 15 is 0 Å². The summed E-state index contributed by atoms with van der Waals surface area (Å²) in [5, 5.41) is 16.1. The van der Waals surface area contributed by atoms with E-state index < -0.39 is 0 Å². The summed E-state index contributed by atoms with van der Waals surface area (Å²) in [4.78, 5) is 0. The van der Waals surface area contributed by atoms with Crippen molar-refractivity contribution in [3.8, 4) is 0 Å². The van der Waals surface area contributed by atoms with Gasteiger partial charge in [-0.25, -0.2) is 4.39 Å². The Bertz CT molecular complexity index is 739. The smallest absolute Gasteiger partial charge is 0.148 e. The Morgan fingerprint density at radius 1 is 1.30 bits per heavy atom. The predicted molar refractivity (Wildman–Crippen MR) is 106 cm³/mol. The normalized spacial score (nSPS) is 31.9. The van der Waals surface area contributed by atoms with Crippen LogP contribution in [0.5, 0.6) is 0 Å². The van der Waals surface area contributed by atoms with E-state index in [-0.39, 0.29) is 36.6 Å². The molecule has 0 amide bonds. The van der Waals surface area contributed by atoms with E-state index in [9.17, 15) is 4.39 Å². The molecule has 4 rings (SSSR count). The van der Waals surface area contributed by atoms with Crippen molar-refractivity contribution in [2.75, 3.05) is 25.0 Å². The third-order valence-electron chi connectivity index (χ3n) is 5.85. The van der Waals surface area contributed by atoms with Crippen molar-refractivity contribution in [3.05, 3.63) is 52.8 Å². The number of ether oxygens (including phenoxy) is 1. The summed E-state index contributed by atoms with van der Waals surface area (Å²) < 4.78 is 21.1. The van der Waals surface area contributed by atoms with Gasteiger partial charge in [0.05, 0.1) is 24.5 Å². The molecule has 0 aromatic heterocycles. The van der Waals surface area contributed by atoms with Gasteiger partial charge in [0, 0.05) is 41.6 Å². The summed E-state index contributed by atoms with van der Waals surface area (Å²) >= 11 is 6.15. The van der Waals surface area contributed by atoms with Gasteiger partial charge in [0.25, 0.3) is 0 Å². The van der Waals surface area contributed by atoms with Crippen molar-refractivity contribution in [1.29, 1.82) is 0 Å².